The van der Waals surface area contributed by atoms with Gasteiger partial charge in [-0.1, -0.05) is 97.0 Å². The van der Waals surface area contributed by atoms with Gasteiger partial charge in [-0.05, 0) is 94.4 Å². The SMILES string of the molecule is CNC(=O)C[C@@H](NC(=O)[C@H](C)NC(=O)[C@H](NC(=O)[C@H](C)NC(=O)OCC1c2ccccc2-c2ccccc21)C(C)(C)C)C(=O)N[C@H](C(=O)NCC(=O)N[C@@H](C)C(=O)NCC(=O)N[C@H](C(=O)N[C@H](CC(=O)NC)C(=O)N[C@H](C(=O)N[C@@H](C(=O)N[C@@H](C)C(=O)NCC(=O)O)C(C)(C)O)[C@@H](C)CC(N)=O)C(C)(C)C)C(C)(C)O. The third kappa shape index (κ3) is 29.0. The second-order valence-electron chi connectivity index (χ2n) is 29.9. The number of alkyl carbamates (subject to hydrolysis) is 1. The first-order valence-electron chi connectivity index (χ1n) is 35.1. The number of aliphatic carboxylic acids is 1. The van der Waals surface area contributed by atoms with Crippen LogP contribution >= 0.6 is 0 Å². The topological polar surface area (TPSA) is 596 Å². The lowest BCUT2D eigenvalue weighted by molar-refractivity contribution is -0.140. The molecule has 0 radical (unpaired) electrons. The van der Waals surface area contributed by atoms with Gasteiger partial charge in [0.05, 0.1) is 37.1 Å². The largest absolute Gasteiger partial charge is 0.480 e. The molecule has 0 aromatic heterocycles. The summed E-state index contributed by atoms with van der Waals surface area (Å²) in [6.07, 6.45) is -3.02. The summed E-state index contributed by atoms with van der Waals surface area (Å²) in [5.74, 6) is -19.1. The lowest BCUT2D eigenvalue weighted by Crippen LogP contribution is -2.64. The van der Waals surface area contributed by atoms with Gasteiger partial charge in [-0.3, -0.25) is 81.5 Å². The quantitative estimate of drug-likeness (QED) is 0.0297. The molecule has 1 aliphatic rings. The van der Waals surface area contributed by atoms with Crippen molar-refractivity contribution in [3.05, 3.63) is 59.7 Å². The van der Waals surface area contributed by atoms with Crippen molar-refractivity contribution in [2.24, 2.45) is 22.5 Å². The predicted octanol–water partition coefficient (Wildman–Crippen LogP) is -5.33. The molecule has 110 heavy (non-hydrogen) atoms. The van der Waals surface area contributed by atoms with Crippen molar-refractivity contribution in [1.82, 2.24) is 85.1 Å². The molecule has 39 heteroatoms. The van der Waals surface area contributed by atoms with E-state index < -0.39 is 240 Å². The molecule has 2 aromatic rings. The molecule has 2 aromatic carbocycles. The van der Waals surface area contributed by atoms with Gasteiger partial charge in [0.25, 0.3) is 0 Å². The predicted molar refractivity (Wildman–Crippen MR) is 393 cm³/mol. The van der Waals surface area contributed by atoms with Crippen LogP contribution in [0.5, 0.6) is 0 Å². The molecule has 17 amide bonds. The fourth-order valence-electron chi connectivity index (χ4n) is 11.0. The van der Waals surface area contributed by atoms with Crippen molar-refractivity contribution in [2.45, 2.75) is 207 Å². The van der Waals surface area contributed by atoms with Crippen LogP contribution in [-0.2, 0) is 86.2 Å². The Hall–Kier alpha value is -11.4. The molecule has 0 unspecified atom stereocenters. The molecule has 0 saturated heterocycles. The van der Waals surface area contributed by atoms with Gasteiger partial charge in [0.2, 0.25) is 94.5 Å². The van der Waals surface area contributed by atoms with Gasteiger partial charge >= 0.3 is 12.1 Å². The van der Waals surface area contributed by atoms with E-state index in [4.69, 9.17) is 15.6 Å². The molecule has 608 valence electrons. The number of primary amides is 1. The number of hydrogen-bond acceptors (Lipinski definition) is 21. The average molecular weight is 1550 g/mol. The summed E-state index contributed by atoms with van der Waals surface area (Å²) in [5, 5.41) is 68.2. The number of amides is 17. The molecule has 39 nitrogen and oxygen atoms in total. The van der Waals surface area contributed by atoms with E-state index >= 15 is 0 Å². The number of aliphatic hydroxyl groups is 2. The maximum absolute atomic E-state index is 14.2. The maximum Gasteiger partial charge on any atom is 0.407 e. The fourth-order valence-corrected chi connectivity index (χ4v) is 11.0. The number of nitrogens with one attached hydrogen (secondary N) is 16. The summed E-state index contributed by atoms with van der Waals surface area (Å²) in [6.45, 7) is 17.5. The van der Waals surface area contributed by atoms with Crippen LogP contribution < -0.4 is 90.8 Å². The molecule has 0 aliphatic heterocycles. The van der Waals surface area contributed by atoms with Gasteiger partial charge in [-0.2, -0.15) is 0 Å². The Morgan fingerprint density at radius 2 is 0.764 bits per heavy atom. The third-order valence-corrected chi connectivity index (χ3v) is 17.2. The Labute approximate surface area is 636 Å². The molecule has 3 rings (SSSR count). The number of carbonyl (C=O) groups is 18. The van der Waals surface area contributed by atoms with Crippen LogP contribution in [0.3, 0.4) is 0 Å². The minimum Gasteiger partial charge on any atom is -0.480 e. The zero-order valence-electron chi connectivity index (χ0n) is 64.7. The number of nitrogens with two attached hydrogens (primary N) is 1. The monoisotopic (exact) mass is 1550 g/mol. The van der Waals surface area contributed by atoms with E-state index in [1.165, 1.54) is 69.5 Å². The highest BCUT2D eigenvalue weighted by Gasteiger charge is 2.44. The van der Waals surface area contributed by atoms with Crippen molar-refractivity contribution in [1.29, 1.82) is 0 Å². The molecule has 21 N–H and O–H groups in total. The third-order valence-electron chi connectivity index (χ3n) is 17.2. The van der Waals surface area contributed by atoms with Crippen LogP contribution in [0.4, 0.5) is 4.79 Å². The number of carboxylic acids is 1. The maximum atomic E-state index is 14.2. The molecule has 0 saturated carbocycles. The minimum atomic E-state index is -2.13. The molecule has 0 spiro atoms. The van der Waals surface area contributed by atoms with E-state index in [-0.39, 0.29) is 12.5 Å². The summed E-state index contributed by atoms with van der Waals surface area (Å²) in [7, 11) is 2.43. The lowest BCUT2D eigenvalue weighted by atomic mass is 9.85. The number of rotatable bonds is 39. The van der Waals surface area contributed by atoms with Crippen molar-refractivity contribution < 1.29 is 106 Å². The van der Waals surface area contributed by atoms with E-state index in [2.05, 4.69) is 85.1 Å². The average Bonchev–Trinajstić information content (AvgIpc) is 1.61. The van der Waals surface area contributed by atoms with E-state index in [1.807, 2.05) is 48.5 Å². The summed E-state index contributed by atoms with van der Waals surface area (Å²) >= 11 is 0. The van der Waals surface area contributed by atoms with Gasteiger partial charge in [0.15, 0.2) is 0 Å². The zero-order chi connectivity index (χ0) is 83.8. The minimum absolute atomic E-state index is 0.0355. The van der Waals surface area contributed by atoms with E-state index in [9.17, 15) is 96.5 Å². The van der Waals surface area contributed by atoms with Crippen molar-refractivity contribution in [3.63, 3.8) is 0 Å². The van der Waals surface area contributed by atoms with Crippen molar-refractivity contribution in [2.75, 3.05) is 40.3 Å². The van der Waals surface area contributed by atoms with Crippen LogP contribution in [0.15, 0.2) is 48.5 Å². The second kappa shape index (κ2) is 40.7. The Morgan fingerprint density at radius 3 is 1.23 bits per heavy atom. The van der Waals surface area contributed by atoms with Gasteiger partial charge < -0.3 is 111 Å². The smallest absolute Gasteiger partial charge is 0.407 e. The standard InChI is InChI=1S/C71H107N17O22/c1-33(26-45(72)89)51(62(102)88-55(71(14,15)109)66(106)79-35(3)57(97)77-31-50(94)95)85-60(100)43(27-46(90)73-16)83-65(105)52(68(6,7)8)84-49(93)30-75-56(96)34(2)78-48(92)29-76-63(103)54(70(12,13)108)87-61(101)44(28-47(91)74-17)82-58(98)36(4)80-64(104)53(69(9,10)11)86-59(99)37(5)81-67(107)110-32-42-40-24-20-18-22-38(40)39-23-19-21-25-41(39)42/h18-25,33-37,42-44,51-55,108-109H,26-32H2,1-17H3,(H2,72,89)(H,73,90)(H,74,91)(H,75,96)(H,76,103)(H,77,97)(H,78,92)(H,79,106)(H,80,104)(H,81,107)(H,82,98)(H,83,105)(H,84,93)(H,85,100)(H,86,99)(H,87,101)(H,88,102)(H,94,95)/t33-,34-,35-,36-,37-,43+,44+,51-,52+,53-,54+,55-/m0/s1. The normalized spacial score (nSPS) is 15.2. The first-order valence-corrected chi connectivity index (χ1v) is 35.1. The van der Waals surface area contributed by atoms with Gasteiger partial charge in [0, 0.05) is 26.4 Å². The first kappa shape index (κ1) is 92.8. The number of ether oxygens (including phenoxy) is 1. The van der Waals surface area contributed by atoms with E-state index in [0.29, 0.717) is 0 Å². The van der Waals surface area contributed by atoms with Gasteiger partial charge in [-0.25, -0.2) is 4.79 Å². The number of benzene rings is 2. The molecule has 1 aliphatic carbocycles. The number of hydrogen-bond donors (Lipinski definition) is 20. The van der Waals surface area contributed by atoms with Crippen LogP contribution in [-0.4, -0.2) is 240 Å². The molecule has 0 bridgehead atoms. The highest BCUT2D eigenvalue weighted by atomic mass is 16.5. The fraction of sp³-hybridized carbons (Fsp3) is 0.577. The zero-order valence-corrected chi connectivity index (χ0v) is 64.7. The van der Waals surface area contributed by atoms with Crippen LogP contribution in [0.25, 0.3) is 11.1 Å². The molecule has 0 heterocycles. The molecule has 12 atom stereocenters. The summed E-state index contributed by atoms with van der Waals surface area (Å²) in [6, 6.07) is -2.24. The summed E-state index contributed by atoms with van der Waals surface area (Å²) in [4.78, 5) is 239. The number of carboxylic acid groups (broad SMARTS) is 1. The Balaban J connectivity index is 1.65. The number of carbonyl (C=O) groups excluding carboxylic acids is 17. The van der Waals surface area contributed by atoms with Crippen molar-refractivity contribution in [3.8, 4) is 11.1 Å². The van der Waals surface area contributed by atoms with E-state index in [0.717, 1.165) is 49.9 Å². The summed E-state index contributed by atoms with van der Waals surface area (Å²) in [5.41, 5.74) is 2.95. The highest BCUT2D eigenvalue weighted by Crippen LogP contribution is 2.44. The van der Waals surface area contributed by atoms with Gasteiger partial charge in [0.1, 0.15) is 79.6 Å². The van der Waals surface area contributed by atoms with Crippen LogP contribution in [0.1, 0.15) is 140 Å². The Morgan fingerprint density at radius 1 is 0.400 bits per heavy atom. The lowest BCUT2D eigenvalue weighted by Gasteiger charge is -2.34. The van der Waals surface area contributed by atoms with E-state index in [1.54, 1.807) is 20.8 Å². The Bertz CT molecular complexity index is 3720. The van der Waals surface area contributed by atoms with Crippen molar-refractivity contribution >= 4 is 107 Å². The van der Waals surface area contributed by atoms with Gasteiger partial charge in [-0.15, -0.1) is 0 Å². The molecule has 0 fully saturated rings. The first-order chi connectivity index (χ1) is 50.8. The molecular formula is C71H107N17O22. The number of fused-ring (bicyclic) bond motifs is 3. The molecular weight excluding hydrogens is 1440 g/mol. The highest BCUT2D eigenvalue weighted by molar-refractivity contribution is 6.01. The summed E-state index contributed by atoms with van der Waals surface area (Å²) < 4.78 is 5.59. The second-order valence-corrected chi connectivity index (χ2v) is 29.9. The van der Waals surface area contributed by atoms with Crippen LogP contribution in [0, 0.1) is 16.7 Å². The van der Waals surface area contributed by atoms with Crippen LogP contribution in [0.2, 0.25) is 0 Å². The Kier molecular flexibility index (Phi) is 34.4.